The Kier molecular flexibility index (Phi) is 6.26. The fraction of sp³-hybridized carbons (Fsp3) is 0.643. The molecule has 0 aromatic carbocycles. The first kappa shape index (κ1) is 16.8. The smallest absolute Gasteiger partial charge is 0.351 e. The van der Waals surface area contributed by atoms with Gasteiger partial charge in [0.2, 0.25) is 0 Å². The van der Waals surface area contributed by atoms with Gasteiger partial charge < -0.3 is 10.2 Å². The Balaban J connectivity index is 2.95. The standard InChI is InChI=1S/C14H22F3N3/c1-4-6-12-7-11(9-18-5-2)8-13(19-12)20(3)10-14(15,16)17/h7-8,18H,4-6,9-10H2,1-3H3. The van der Waals surface area contributed by atoms with Crippen LogP contribution in [-0.4, -0.2) is 31.3 Å². The van der Waals surface area contributed by atoms with E-state index in [4.69, 9.17) is 0 Å². The van der Waals surface area contributed by atoms with Gasteiger partial charge in [0.05, 0.1) is 0 Å². The minimum atomic E-state index is -4.22. The molecule has 0 amide bonds. The molecule has 0 saturated heterocycles. The van der Waals surface area contributed by atoms with Crippen LogP contribution in [0.5, 0.6) is 0 Å². The Bertz CT molecular complexity index is 419. The first-order valence-corrected chi connectivity index (χ1v) is 6.84. The van der Waals surface area contributed by atoms with Gasteiger partial charge >= 0.3 is 6.18 Å². The summed E-state index contributed by atoms with van der Waals surface area (Å²) in [5.41, 5.74) is 1.81. The van der Waals surface area contributed by atoms with E-state index >= 15 is 0 Å². The fourth-order valence-electron chi connectivity index (χ4n) is 1.93. The summed E-state index contributed by atoms with van der Waals surface area (Å²) in [5, 5.41) is 3.18. The van der Waals surface area contributed by atoms with Crippen molar-refractivity contribution in [2.24, 2.45) is 0 Å². The van der Waals surface area contributed by atoms with Crippen LogP contribution in [0.25, 0.3) is 0 Å². The Morgan fingerprint density at radius 2 is 1.95 bits per heavy atom. The summed E-state index contributed by atoms with van der Waals surface area (Å²) in [6.45, 7) is 4.49. The van der Waals surface area contributed by atoms with E-state index in [0.29, 0.717) is 12.4 Å². The lowest BCUT2D eigenvalue weighted by molar-refractivity contribution is -0.119. The summed E-state index contributed by atoms with van der Waals surface area (Å²) < 4.78 is 37.4. The van der Waals surface area contributed by atoms with Gasteiger partial charge in [0.15, 0.2) is 0 Å². The summed E-state index contributed by atoms with van der Waals surface area (Å²) >= 11 is 0. The van der Waals surface area contributed by atoms with E-state index in [1.54, 1.807) is 6.07 Å². The van der Waals surface area contributed by atoms with Gasteiger partial charge in [-0.1, -0.05) is 20.3 Å². The molecule has 3 nitrogen and oxygen atoms in total. The lowest BCUT2D eigenvalue weighted by atomic mass is 10.1. The molecule has 0 aliphatic rings. The Labute approximate surface area is 118 Å². The van der Waals surface area contributed by atoms with Crippen molar-refractivity contribution >= 4 is 5.82 Å². The number of nitrogens with one attached hydrogen (secondary N) is 1. The van der Waals surface area contributed by atoms with Gasteiger partial charge in [-0.25, -0.2) is 4.98 Å². The van der Waals surface area contributed by atoms with Crippen LogP contribution in [0.1, 0.15) is 31.5 Å². The lowest BCUT2D eigenvalue weighted by Crippen LogP contribution is -2.31. The van der Waals surface area contributed by atoms with Gasteiger partial charge in [-0.2, -0.15) is 13.2 Å². The number of aromatic nitrogens is 1. The first-order valence-electron chi connectivity index (χ1n) is 6.84. The van der Waals surface area contributed by atoms with Crippen LogP contribution in [0.4, 0.5) is 19.0 Å². The lowest BCUT2D eigenvalue weighted by Gasteiger charge is -2.21. The SMILES string of the molecule is CCCc1cc(CNCC)cc(N(C)CC(F)(F)F)n1. The molecule has 1 aromatic rings. The number of alkyl halides is 3. The molecule has 1 rings (SSSR count). The van der Waals surface area contributed by atoms with Crippen molar-refractivity contribution in [1.82, 2.24) is 10.3 Å². The van der Waals surface area contributed by atoms with Crippen LogP contribution in [0.2, 0.25) is 0 Å². The molecule has 0 aliphatic heterocycles. The minimum Gasteiger partial charge on any atom is -0.351 e. The molecule has 0 fully saturated rings. The molecule has 0 atom stereocenters. The van der Waals surface area contributed by atoms with Crippen LogP contribution >= 0.6 is 0 Å². The third-order valence-electron chi connectivity index (χ3n) is 2.82. The normalized spacial score (nSPS) is 11.7. The number of aryl methyl sites for hydroxylation is 1. The molecule has 114 valence electrons. The monoisotopic (exact) mass is 289 g/mol. The van der Waals surface area contributed by atoms with E-state index in [9.17, 15) is 13.2 Å². The number of anilines is 1. The van der Waals surface area contributed by atoms with Gasteiger partial charge in [-0.3, -0.25) is 0 Å². The average Bonchev–Trinajstić information content (AvgIpc) is 2.34. The molecule has 0 aliphatic carbocycles. The summed E-state index contributed by atoms with van der Waals surface area (Å²) in [5.74, 6) is 0.376. The Hall–Kier alpha value is -1.30. The van der Waals surface area contributed by atoms with Crippen LogP contribution in [0, 0.1) is 0 Å². The highest BCUT2D eigenvalue weighted by Crippen LogP contribution is 2.21. The molecular weight excluding hydrogens is 267 g/mol. The topological polar surface area (TPSA) is 28.2 Å². The fourth-order valence-corrected chi connectivity index (χ4v) is 1.93. The van der Waals surface area contributed by atoms with E-state index in [-0.39, 0.29) is 0 Å². The van der Waals surface area contributed by atoms with Crippen molar-refractivity contribution in [3.63, 3.8) is 0 Å². The van der Waals surface area contributed by atoms with Gasteiger partial charge in [-0.05, 0) is 30.7 Å². The second-order valence-electron chi connectivity index (χ2n) is 4.83. The first-order chi connectivity index (χ1) is 9.35. The zero-order valence-corrected chi connectivity index (χ0v) is 12.2. The number of pyridine rings is 1. The molecule has 0 saturated carbocycles. The van der Waals surface area contributed by atoms with Crippen LogP contribution in [0.3, 0.4) is 0 Å². The molecule has 20 heavy (non-hydrogen) atoms. The van der Waals surface area contributed by atoms with Crippen molar-refractivity contribution in [2.45, 2.75) is 39.4 Å². The van der Waals surface area contributed by atoms with Crippen molar-refractivity contribution < 1.29 is 13.2 Å². The van der Waals surface area contributed by atoms with E-state index in [1.165, 1.54) is 7.05 Å². The number of hydrogen-bond donors (Lipinski definition) is 1. The second kappa shape index (κ2) is 7.47. The third kappa shape index (κ3) is 5.77. The van der Waals surface area contributed by atoms with Crippen molar-refractivity contribution in [2.75, 3.05) is 25.0 Å². The summed E-state index contributed by atoms with van der Waals surface area (Å²) in [6, 6.07) is 3.67. The maximum absolute atomic E-state index is 12.5. The largest absolute Gasteiger partial charge is 0.405 e. The zero-order chi connectivity index (χ0) is 15.2. The molecule has 0 bridgehead atoms. The highest BCUT2D eigenvalue weighted by molar-refractivity contribution is 5.42. The van der Waals surface area contributed by atoms with E-state index < -0.39 is 12.7 Å². The Morgan fingerprint density at radius 3 is 2.50 bits per heavy atom. The minimum absolute atomic E-state index is 0.376. The Morgan fingerprint density at radius 1 is 1.25 bits per heavy atom. The van der Waals surface area contributed by atoms with Gasteiger partial charge in [0, 0.05) is 19.3 Å². The van der Waals surface area contributed by atoms with Crippen molar-refractivity contribution in [3.05, 3.63) is 23.4 Å². The van der Waals surface area contributed by atoms with E-state index in [1.807, 2.05) is 19.9 Å². The maximum atomic E-state index is 12.5. The highest BCUT2D eigenvalue weighted by atomic mass is 19.4. The molecule has 0 spiro atoms. The van der Waals surface area contributed by atoms with Gasteiger partial charge in [0.1, 0.15) is 12.4 Å². The highest BCUT2D eigenvalue weighted by Gasteiger charge is 2.29. The molecule has 6 heteroatoms. The number of hydrogen-bond acceptors (Lipinski definition) is 3. The van der Waals surface area contributed by atoms with Crippen LogP contribution in [0.15, 0.2) is 12.1 Å². The number of rotatable bonds is 7. The summed E-state index contributed by atoms with van der Waals surface area (Å²) in [6.07, 6.45) is -2.54. The van der Waals surface area contributed by atoms with Crippen LogP contribution < -0.4 is 10.2 Å². The quantitative estimate of drug-likeness (QED) is 0.836. The van der Waals surface area contributed by atoms with E-state index in [0.717, 1.165) is 35.5 Å². The average molecular weight is 289 g/mol. The molecule has 0 unspecified atom stereocenters. The second-order valence-corrected chi connectivity index (χ2v) is 4.83. The van der Waals surface area contributed by atoms with Gasteiger partial charge in [-0.15, -0.1) is 0 Å². The number of nitrogens with zero attached hydrogens (tertiary/aromatic N) is 2. The molecular formula is C14H22F3N3. The van der Waals surface area contributed by atoms with Gasteiger partial charge in [0.25, 0.3) is 0 Å². The van der Waals surface area contributed by atoms with Crippen molar-refractivity contribution in [1.29, 1.82) is 0 Å². The number of halogens is 3. The van der Waals surface area contributed by atoms with Crippen LogP contribution in [-0.2, 0) is 13.0 Å². The van der Waals surface area contributed by atoms with Crippen molar-refractivity contribution in [3.8, 4) is 0 Å². The predicted molar refractivity (Wildman–Crippen MR) is 74.9 cm³/mol. The van der Waals surface area contributed by atoms with E-state index in [2.05, 4.69) is 10.3 Å². The molecule has 1 heterocycles. The molecule has 1 aromatic heterocycles. The zero-order valence-electron chi connectivity index (χ0n) is 12.2. The summed E-state index contributed by atoms with van der Waals surface area (Å²) in [7, 11) is 1.42. The maximum Gasteiger partial charge on any atom is 0.405 e. The summed E-state index contributed by atoms with van der Waals surface area (Å²) in [4.78, 5) is 5.46. The third-order valence-corrected chi connectivity index (χ3v) is 2.82. The predicted octanol–water partition coefficient (Wildman–Crippen LogP) is 3.14. The molecule has 0 radical (unpaired) electrons. The molecule has 1 N–H and O–H groups in total.